The summed E-state index contributed by atoms with van der Waals surface area (Å²) in [4.78, 5) is 34.0. The fourth-order valence-electron chi connectivity index (χ4n) is 2.20. The summed E-state index contributed by atoms with van der Waals surface area (Å²) in [5.74, 6) is -2.11. The lowest BCUT2D eigenvalue weighted by Crippen LogP contribution is -2.36. The standard InChI is InChI=1S/C16H17FO7/c1-9(18)22-14-13(17)12(24-16(14)23-10(2)19)8-21-15(20)11-6-4-3-5-7-11/h3-7,12-14,16H,8H2,1-2H3/t12?,13?,14-,16?/m0/s1. The summed E-state index contributed by atoms with van der Waals surface area (Å²) in [5, 5.41) is 0. The fourth-order valence-corrected chi connectivity index (χ4v) is 2.20. The van der Waals surface area contributed by atoms with Gasteiger partial charge in [-0.25, -0.2) is 9.18 Å². The van der Waals surface area contributed by atoms with E-state index in [1.54, 1.807) is 30.3 Å². The SMILES string of the molecule is CC(=O)OC1OC(COC(=O)c2ccccc2)C(F)[C@@H]1OC(C)=O. The number of carbonyl (C=O) groups excluding carboxylic acids is 3. The highest BCUT2D eigenvalue weighted by molar-refractivity contribution is 5.89. The van der Waals surface area contributed by atoms with Crippen molar-refractivity contribution in [1.29, 1.82) is 0 Å². The third-order valence-electron chi connectivity index (χ3n) is 3.22. The van der Waals surface area contributed by atoms with Crippen molar-refractivity contribution in [3.63, 3.8) is 0 Å². The van der Waals surface area contributed by atoms with Crippen molar-refractivity contribution in [2.45, 2.75) is 38.5 Å². The van der Waals surface area contributed by atoms with Crippen LogP contribution in [0.1, 0.15) is 24.2 Å². The molecule has 0 amide bonds. The fraction of sp³-hybridized carbons (Fsp3) is 0.438. The predicted octanol–water partition coefficient (Wildman–Crippen LogP) is 1.40. The van der Waals surface area contributed by atoms with Crippen molar-refractivity contribution in [2.24, 2.45) is 0 Å². The van der Waals surface area contributed by atoms with E-state index in [0.717, 1.165) is 13.8 Å². The van der Waals surface area contributed by atoms with Crippen LogP contribution in [0.15, 0.2) is 30.3 Å². The lowest BCUT2D eigenvalue weighted by atomic mass is 10.1. The number of esters is 3. The van der Waals surface area contributed by atoms with Gasteiger partial charge in [0.25, 0.3) is 0 Å². The predicted molar refractivity (Wildman–Crippen MR) is 77.6 cm³/mol. The summed E-state index contributed by atoms with van der Waals surface area (Å²) in [6.45, 7) is 1.80. The average molecular weight is 340 g/mol. The maximum absolute atomic E-state index is 14.4. The number of carbonyl (C=O) groups is 3. The van der Waals surface area contributed by atoms with E-state index < -0.39 is 49.2 Å². The summed E-state index contributed by atoms with van der Waals surface area (Å²) < 4.78 is 34.2. The number of ether oxygens (including phenoxy) is 4. The number of benzene rings is 1. The van der Waals surface area contributed by atoms with Crippen molar-refractivity contribution < 1.29 is 37.7 Å². The molecule has 0 radical (unpaired) electrons. The zero-order valence-electron chi connectivity index (χ0n) is 13.1. The summed E-state index contributed by atoms with van der Waals surface area (Å²) in [5.41, 5.74) is 0.305. The lowest BCUT2D eigenvalue weighted by molar-refractivity contribution is -0.195. The largest absolute Gasteiger partial charge is 0.459 e. The van der Waals surface area contributed by atoms with Crippen LogP contribution in [0.5, 0.6) is 0 Å². The molecule has 1 aromatic rings. The van der Waals surface area contributed by atoms with Gasteiger partial charge in [0.15, 0.2) is 12.3 Å². The number of hydrogen-bond donors (Lipinski definition) is 0. The van der Waals surface area contributed by atoms with Gasteiger partial charge >= 0.3 is 17.9 Å². The van der Waals surface area contributed by atoms with Crippen LogP contribution in [0.3, 0.4) is 0 Å². The van der Waals surface area contributed by atoms with Crippen LogP contribution in [0, 0.1) is 0 Å². The van der Waals surface area contributed by atoms with Crippen molar-refractivity contribution in [3.05, 3.63) is 35.9 Å². The Balaban J connectivity index is 1.98. The van der Waals surface area contributed by atoms with Gasteiger partial charge in [-0.3, -0.25) is 9.59 Å². The van der Waals surface area contributed by atoms with Crippen molar-refractivity contribution >= 4 is 17.9 Å². The molecule has 0 aliphatic carbocycles. The molecule has 0 saturated carbocycles. The van der Waals surface area contributed by atoms with Gasteiger partial charge in [-0.2, -0.15) is 0 Å². The second-order valence-corrected chi connectivity index (χ2v) is 5.14. The third-order valence-corrected chi connectivity index (χ3v) is 3.22. The smallest absolute Gasteiger partial charge is 0.338 e. The van der Waals surface area contributed by atoms with Gasteiger partial charge in [0.05, 0.1) is 5.56 Å². The number of alkyl halides is 1. The van der Waals surface area contributed by atoms with Gasteiger partial charge in [0.2, 0.25) is 6.29 Å². The highest BCUT2D eigenvalue weighted by Crippen LogP contribution is 2.28. The van der Waals surface area contributed by atoms with E-state index in [9.17, 15) is 18.8 Å². The molecule has 0 N–H and O–H groups in total. The van der Waals surface area contributed by atoms with Gasteiger partial charge in [0, 0.05) is 13.8 Å². The second kappa shape index (κ2) is 7.87. The summed E-state index contributed by atoms with van der Waals surface area (Å²) >= 11 is 0. The Kier molecular flexibility index (Phi) is 5.86. The van der Waals surface area contributed by atoms with E-state index >= 15 is 0 Å². The van der Waals surface area contributed by atoms with E-state index in [-0.39, 0.29) is 0 Å². The molecule has 0 aromatic heterocycles. The Bertz CT molecular complexity index is 604. The Morgan fingerprint density at radius 3 is 2.29 bits per heavy atom. The Morgan fingerprint density at radius 1 is 1.08 bits per heavy atom. The summed E-state index contributed by atoms with van der Waals surface area (Å²) in [6.07, 6.45) is -5.82. The van der Waals surface area contributed by atoms with Crippen LogP contribution >= 0.6 is 0 Å². The topological polar surface area (TPSA) is 88.1 Å². The first-order chi connectivity index (χ1) is 11.4. The van der Waals surface area contributed by atoms with E-state index in [4.69, 9.17) is 18.9 Å². The molecule has 7 nitrogen and oxygen atoms in total. The minimum Gasteiger partial charge on any atom is -0.459 e. The molecule has 1 aromatic carbocycles. The third kappa shape index (κ3) is 4.51. The van der Waals surface area contributed by atoms with Gasteiger partial charge in [-0.15, -0.1) is 0 Å². The maximum atomic E-state index is 14.4. The Labute approximate surface area is 137 Å². The highest BCUT2D eigenvalue weighted by Gasteiger charge is 2.49. The highest BCUT2D eigenvalue weighted by atomic mass is 19.1. The van der Waals surface area contributed by atoms with Crippen LogP contribution < -0.4 is 0 Å². The molecule has 2 rings (SSSR count). The molecule has 0 bridgehead atoms. The van der Waals surface area contributed by atoms with E-state index in [2.05, 4.69) is 0 Å². The van der Waals surface area contributed by atoms with Gasteiger partial charge in [0.1, 0.15) is 12.7 Å². The van der Waals surface area contributed by atoms with Crippen LogP contribution in [0.2, 0.25) is 0 Å². The number of hydrogen-bond acceptors (Lipinski definition) is 7. The molecular formula is C16H17FO7. The Hall–Kier alpha value is -2.48. The van der Waals surface area contributed by atoms with Crippen LogP contribution in [-0.4, -0.2) is 49.2 Å². The first kappa shape index (κ1) is 17.9. The van der Waals surface area contributed by atoms with Crippen LogP contribution in [0.4, 0.5) is 4.39 Å². The van der Waals surface area contributed by atoms with Gasteiger partial charge < -0.3 is 18.9 Å². The first-order valence-corrected chi connectivity index (χ1v) is 7.24. The zero-order valence-corrected chi connectivity index (χ0v) is 13.1. The Morgan fingerprint density at radius 2 is 1.71 bits per heavy atom. The maximum Gasteiger partial charge on any atom is 0.338 e. The molecule has 1 fully saturated rings. The number of rotatable bonds is 5. The second-order valence-electron chi connectivity index (χ2n) is 5.14. The lowest BCUT2D eigenvalue weighted by Gasteiger charge is -2.18. The van der Waals surface area contributed by atoms with E-state index in [0.29, 0.717) is 5.56 Å². The molecule has 4 atom stereocenters. The van der Waals surface area contributed by atoms with Crippen LogP contribution in [-0.2, 0) is 28.5 Å². The molecule has 1 saturated heterocycles. The summed E-state index contributed by atoms with van der Waals surface area (Å²) in [6, 6.07) is 8.16. The average Bonchev–Trinajstić information content (AvgIpc) is 2.81. The monoisotopic (exact) mass is 340 g/mol. The molecule has 24 heavy (non-hydrogen) atoms. The molecule has 1 aliphatic rings. The van der Waals surface area contributed by atoms with Crippen LogP contribution in [0.25, 0.3) is 0 Å². The molecule has 3 unspecified atom stereocenters. The van der Waals surface area contributed by atoms with Crippen molar-refractivity contribution in [1.82, 2.24) is 0 Å². The van der Waals surface area contributed by atoms with Gasteiger partial charge in [-0.05, 0) is 12.1 Å². The molecular weight excluding hydrogens is 323 g/mol. The normalized spacial score (nSPS) is 25.8. The molecule has 8 heteroatoms. The zero-order chi connectivity index (χ0) is 17.7. The minimum atomic E-state index is -1.80. The quantitative estimate of drug-likeness (QED) is 0.591. The first-order valence-electron chi connectivity index (χ1n) is 7.24. The minimum absolute atomic E-state index is 0.305. The molecule has 130 valence electrons. The van der Waals surface area contributed by atoms with Crippen molar-refractivity contribution in [3.8, 4) is 0 Å². The molecule has 1 heterocycles. The summed E-state index contributed by atoms with van der Waals surface area (Å²) in [7, 11) is 0. The molecule has 0 spiro atoms. The van der Waals surface area contributed by atoms with Crippen molar-refractivity contribution in [2.75, 3.05) is 6.61 Å². The van der Waals surface area contributed by atoms with E-state index in [1.807, 2.05) is 0 Å². The van der Waals surface area contributed by atoms with E-state index in [1.165, 1.54) is 0 Å². The molecule has 1 aliphatic heterocycles. The number of halogens is 1. The van der Waals surface area contributed by atoms with Gasteiger partial charge in [-0.1, -0.05) is 18.2 Å².